The van der Waals surface area contributed by atoms with Crippen LogP contribution in [0.15, 0.2) is 30.3 Å². The lowest BCUT2D eigenvalue weighted by molar-refractivity contribution is -0.152. The van der Waals surface area contributed by atoms with E-state index in [0.29, 0.717) is 25.1 Å². The molecule has 1 aromatic carbocycles. The number of hydrogen-bond acceptors (Lipinski definition) is 4. The van der Waals surface area contributed by atoms with Gasteiger partial charge in [-0.25, -0.2) is 0 Å². The lowest BCUT2D eigenvalue weighted by atomic mass is 9.91. The molecular formula is C18H23N3O3S. The summed E-state index contributed by atoms with van der Waals surface area (Å²) in [5.41, 5.74) is 5.58. The van der Waals surface area contributed by atoms with Crippen LogP contribution in [-0.2, 0) is 20.9 Å². The van der Waals surface area contributed by atoms with E-state index in [0.717, 1.165) is 18.4 Å². The van der Waals surface area contributed by atoms with Crippen molar-refractivity contribution in [2.75, 3.05) is 11.5 Å². The van der Waals surface area contributed by atoms with E-state index in [-0.39, 0.29) is 17.6 Å². The van der Waals surface area contributed by atoms with Gasteiger partial charge in [-0.3, -0.25) is 14.4 Å². The second-order valence-corrected chi connectivity index (χ2v) is 7.63. The third-order valence-corrected chi connectivity index (χ3v) is 6.02. The van der Waals surface area contributed by atoms with E-state index < -0.39 is 17.5 Å². The summed E-state index contributed by atoms with van der Waals surface area (Å²) < 4.78 is 0. The van der Waals surface area contributed by atoms with Gasteiger partial charge in [-0.1, -0.05) is 43.2 Å². The van der Waals surface area contributed by atoms with E-state index in [1.165, 1.54) is 16.7 Å². The molecule has 2 fully saturated rings. The molecule has 1 saturated carbocycles. The molecule has 0 radical (unpaired) electrons. The highest BCUT2D eigenvalue weighted by Crippen LogP contribution is 2.39. The molecule has 1 aromatic rings. The summed E-state index contributed by atoms with van der Waals surface area (Å²) in [6, 6.07) is 8.92. The molecule has 1 heterocycles. The van der Waals surface area contributed by atoms with Crippen LogP contribution in [0.25, 0.3) is 0 Å². The summed E-state index contributed by atoms with van der Waals surface area (Å²) >= 11 is 1.40. The van der Waals surface area contributed by atoms with Crippen molar-refractivity contribution >= 4 is 29.5 Å². The lowest BCUT2D eigenvalue weighted by Gasteiger charge is -2.45. The van der Waals surface area contributed by atoms with Crippen LogP contribution in [0.1, 0.15) is 31.2 Å². The number of amides is 3. The highest BCUT2D eigenvalue weighted by Gasteiger charge is 2.52. The van der Waals surface area contributed by atoms with Crippen LogP contribution in [0.2, 0.25) is 0 Å². The molecule has 3 amide bonds. The van der Waals surface area contributed by atoms with E-state index in [1.54, 1.807) is 0 Å². The molecule has 0 aromatic heterocycles. The topological polar surface area (TPSA) is 92.5 Å². The lowest BCUT2D eigenvalue weighted by Crippen LogP contribution is -2.67. The number of thioether (sulfide) groups is 1. The highest BCUT2D eigenvalue weighted by atomic mass is 32.2. The molecule has 1 saturated heterocycles. The van der Waals surface area contributed by atoms with Gasteiger partial charge in [-0.15, -0.1) is 11.8 Å². The van der Waals surface area contributed by atoms with Crippen molar-refractivity contribution in [3.8, 4) is 0 Å². The van der Waals surface area contributed by atoms with Gasteiger partial charge in [-0.2, -0.15) is 0 Å². The molecular weight excluding hydrogens is 338 g/mol. The Morgan fingerprint density at radius 2 is 1.92 bits per heavy atom. The van der Waals surface area contributed by atoms with Crippen molar-refractivity contribution in [2.24, 2.45) is 5.73 Å². The number of carbonyl (C=O) groups excluding carboxylic acids is 3. The van der Waals surface area contributed by atoms with Crippen LogP contribution >= 0.6 is 11.8 Å². The van der Waals surface area contributed by atoms with E-state index in [1.807, 2.05) is 30.3 Å². The van der Waals surface area contributed by atoms with Gasteiger partial charge in [0.2, 0.25) is 17.7 Å². The van der Waals surface area contributed by atoms with E-state index in [2.05, 4.69) is 5.32 Å². The molecule has 1 aliphatic heterocycles. The fourth-order valence-corrected chi connectivity index (χ4v) is 4.77. The molecule has 7 heteroatoms. The number of benzene rings is 1. The number of nitrogens with zero attached hydrogens (tertiary/aromatic N) is 1. The fourth-order valence-electron chi connectivity index (χ4n) is 3.80. The second kappa shape index (κ2) is 7.47. The average molecular weight is 361 g/mol. The molecule has 6 nitrogen and oxygen atoms in total. The van der Waals surface area contributed by atoms with Gasteiger partial charge in [-0.05, 0) is 18.4 Å². The second-order valence-electron chi connectivity index (χ2n) is 6.60. The monoisotopic (exact) mass is 361 g/mol. The van der Waals surface area contributed by atoms with Crippen LogP contribution in [0, 0.1) is 0 Å². The van der Waals surface area contributed by atoms with Crippen LogP contribution in [0.5, 0.6) is 0 Å². The minimum absolute atomic E-state index is 0.170. The van der Waals surface area contributed by atoms with Crippen LogP contribution in [0.4, 0.5) is 0 Å². The van der Waals surface area contributed by atoms with Gasteiger partial charge < -0.3 is 16.0 Å². The molecule has 1 atom stereocenters. The minimum atomic E-state index is -0.952. The SMILES string of the molecule is NC(=O)[C@@H]1CSCC(=O)N1C1(C(=O)NCc2ccccc2)CCCC1. The summed E-state index contributed by atoms with van der Waals surface area (Å²) in [7, 11) is 0. The molecule has 3 N–H and O–H groups in total. The molecule has 0 spiro atoms. The molecule has 25 heavy (non-hydrogen) atoms. The number of nitrogens with two attached hydrogens (primary N) is 1. The highest BCUT2D eigenvalue weighted by molar-refractivity contribution is 8.00. The summed E-state index contributed by atoms with van der Waals surface area (Å²) in [5.74, 6) is -0.147. The van der Waals surface area contributed by atoms with Gasteiger partial charge in [0.1, 0.15) is 11.6 Å². The Hall–Kier alpha value is -2.02. The predicted octanol–water partition coefficient (Wildman–Crippen LogP) is 1.04. The Morgan fingerprint density at radius 3 is 2.56 bits per heavy atom. The van der Waals surface area contributed by atoms with Crippen LogP contribution in [0.3, 0.4) is 0 Å². The molecule has 2 aliphatic rings. The Balaban J connectivity index is 1.83. The zero-order valence-corrected chi connectivity index (χ0v) is 14.9. The maximum Gasteiger partial charge on any atom is 0.246 e. The number of carbonyl (C=O) groups is 3. The summed E-state index contributed by atoms with van der Waals surface area (Å²) in [5, 5.41) is 2.97. The van der Waals surface area contributed by atoms with Crippen LogP contribution in [-0.4, -0.2) is 45.7 Å². The number of primary amides is 1. The Bertz CT molecular complexity index is 659. The Kier molecular flexibility index (Phi) is 5.32. The smallest absolute Gasteiger partial charge is 0.246 e. The first kappa shape index (κ1) is 17.8. The molecule has 0 unspecified atom stereocenters. The standard InChI is InChI=1S/C18H23N3O3S/c19-16(23)14-11-25-12-15(22)21(14)18(8-4-5-9-18)17(24)20-10-13-6-2-1-3-7-13/h1-3,6-7,14H,4-5,8-12H2,(H2,19,23)(H,20,24)/t14-/m0/s1. The van der Waals surface area contributed by atoms with Crippen molar-refractivity contribution in [3.05, 3.63) is 35.9 Å². The third-order valence-electron chi connectivity index (χ3n) is 5.02. The molecule has 1 aliphatic carbocycles. The zero-order valence-electron chi connectivity index (χ0n) is 14.1. The summed E-state index contributed by atoms with van der Waals surface area (Å²) in [6.45, 7) is 0.402. The quantitative estimate of drug-likeness (QED) is 0.820. The van der Waals surface area contributed by atoms with Crippen molar-refractivity contribution in [3.63, 3.8) is 0 Å². The third kappa shape index (κ3) is 3.51. The minimum Gasteiger partial charge on any atom is -0.368 e. The average Bonchev–Trinajstić information content (AvgIpc) is 3.11. The van der Waals surface area contributed by atoms with E-state index in [4.69, 9.17) is 5.73 Å². The van der Waals surface area contributed by atoms with Crippen molar-refractivity contribution < 1.29 is 14.4 Å². The maximum atomic E-state index is 13.1. The van der Waals surface area contributed by atoms with Gasteiger partial charge in [0, 0.05) is 12.3 Å². The first-order valence-electron chi connectivity index (χ1n) is 8.56. The van der Waals surface area contributed by atoms with Gasteiger partial charge in [0.25, 0.3) is 0 Å². The Labute approximate surface area is 151 Å². The maximum absolute atomic E-state index is 13.1. The van der Waals surface area contributed by atoms with Crippen molar-refractivity contribution in [2.45, 2.75) is 43.8 Å². The Morgan fingerprint density at radius 1 is 1.24 bits per heavy atom. The fraction of sp³-hybridized carbons (Fsp3) is 0.500. The van der Waals surface area contributed by atoms with Crippen LogP contribution < -0.4 is 11.1 Å². The first-order valence-corrected chi connectivity index (χ1v) is 9.71. The molecule has 134 valence electrons. The number of hydrogen-bond donors (Lipinski definition) is 2. The molecule has 0 bridgehead atoms. The normalized spacial score (nSPS) is 22.6. The predicted molar refractivity (Wildman–Crippen MR) is 96.6 cm³/mol. The van der Waals surface area contributed by atoms with Gasteiger partial charge in [0.05, 0.1) is 5.75 Å². The first-order chi connectivity index (χ1) is 12.0. The van der Waals surface area contributed by atoms with Gasteiger partial charge in [0.15, 0.2) is 0 Å². The summed E-state index contributed by atoms with van der Waals surface area (Å²) in [4.78, 5) is 39.1. The van der Waals surface area contributed by atoms with Crippen molar-refractivity contribution in [1.29, 1.82) is 0 Å². The van der Waals surface area contributed by atoms with E-state index in [9.17, 15) is 14.4 Å². The van der Waals surface area contributed by atoms with Gasteiger partial charge >= 0.3 is 0 Å². The van der Waals surface area contributed by atoms with E-state index >= 15 is 0 Å². The number of nitrogens with one attached hydrogen (secondary N) is 1. The zero-order chi connectivity index (χ0) is 17.9. The summed E-state index contributed by atoms with van der Waals surface area (Å²) in [6.07, 6.45) is 2.88. The largest absolute Gasteiger partial charge is 0.368 e. The molecule has 3 rings (SSSR count). The number of rotatable bonds is 5. The van der Waals surface area contributed by atoms with Crippen molar-refractivity contribution in [1.82, 2.24) is 10.2 Å².